The number of hydrogen-bond donors (Lipinski definition) is 1. The summed E-state index contributed by atoms with van der Waals surface area (Å²) in [4.78, 5) is 12.0. The molecule has 2 nitrogen and oxygen atoms in total. The summed E-state index contributed by atoms with van der Waals surface area (Å²) < 4.78 is 0. The Balaban J connectivity index is 2.35. The second-order valence-corrected chi connectivity index (χ2v) is 6.54. The number of rotatable bonds is 7. The van der Waals surface area contributed by atoms with Crippen molar-refractivity contribution in [3.05, 3.63) is 0 Å². The minimum Gasteiger partial charge on any atom is -0.350 e. The Morgan fingerprint density at radius 2 is 2.17 bits per heavy atom. The van der Waals surface area contributed by atoms with Gasteiger partial charge in [-0.05, 0) is 25.2 Å². The molecule has 0 radical (unpaired) electrons. The maximum atomic E-state index is 12.0. The second-order valence-electron chi connectivity index (χ2n) is 5.97. The van der Waals surface area contributed by atoms with Crippen molar-refractivity contribution in [2.45, 2.75) is 77.2 Å². The van der Waals surface area contributed by atoms with Crippen LogP contribution in [0.4, 0.5) is 0 Å². The molecule has 0 bridgehead atoms. The molecule has 0 aliphatic heterocycles. The zero-order valence-corrected chi connectivity index (χ0v) is 13.5. The normalized spacial score (nSPS) is 28.1. The summed E-state index contributed by atoms with van der Waals surface area (Å²) in [5.74, 6) is 0.983. The van der Waals surface area contributed by atoms with E-state index in [0.717, 1.165) is 30.5 Å². The SMILES string of the molecule is CCCCCCC(=O)NC1(CBr)CCCC(C)C1. The van der Waals surface area contributed by atoms with Gasteiger partial charge in [0.15, 0.2) is 0 Å². The van der Waals surface area contributed by atoms with Crippen LogP contribution in [0.1, 0.15) is 71.6 Å². The van der Waals surface area contributed by atoms with Gasteiger partial charge in [0.25, 0.3) is 0 Å². The van der Waals surface area contributed by atoms with Crippen LogP contribution in [0.2, 0.25) is 0 Å². The van der Waals surface area contributed by atoms with Gasteiger partial charge < -0.3 is 5.32 Å². The summed E-state index contributed by atoms with van der Waals surface area (Å²) in [6.45, 7) is 4.49. The average Bonchev–Trinajstić information content (AvgIpc) is 2.34. The number of carbonyl (C=O) groups is 1. The Morgan fingerprint density at radius 3 is 2.78 bits per heavy atom. The molecule has 1 fully saturated rings. The third kappa shape index (κ3) is 5.29. The molecule has 1 amide bonds. The van der Waals surface area contributed by atoms with Gasteiger partial charge in [0.05, 0.1) is 0 Å². The number of halogens is 1. The minimum absolute atomic E-state index is 0.0273. The van der Waals surface area contributed by atoms with Gasteiger partial charge in [0, 0.05) is 17.3 Å². The van der Waals surface area contributed by atoms with E-state index < -0.39 is 0 Å². The van der Waals surface area contributed by atoms with E-state index in [1.165, 1.54) is 32.1 Å². The molecule has 106 valence electrons. The lowest BCUT2D eigenvalue weighted by atomic mass is 9.77. The van der Waals surface area contributed by atoms with Crippen molar-refractivity contribution in [3.63, 3.8) is 0 Å². The number of carbonyl (C=O) groups excluding carboxylic acids is 1. The largest absolute Gasteiger partial charge is 0.350 e. The van der Waals surface area contributed by atoms with E-state index in [4.69, 9.17) is 0 Å². The standard InChI is InChI=1S/C15H28BrNO/c1-3-4-5-6-9-14(18)17-15(12-16)10-7-8-13(2)11-15/h13H,3-12H2,1-2H3,(H,17,18). The molecule has 18 heavy (non-hydrogen) atoms. The van der Waals surface area contributed by atoms with Crippen LogP contribution in [0.25, 0.3) is 0 Å². The fourth-order valence-electron chi connectivity index (χ4n) is 3.00. The van der Waals surface area contributed by atoms with Crippen molar-refractivity contribution in [1.82, 2.24) is 5.32 Å². The van der Waals surface area contributed by atoms with Gasteiger partial charge in [0.2, 0.25) is 5.91 Å². The van der Waals surface area contributed by atoms with E-state index >= 15 is 0 Å². The Bertz CT molecular complexity index is 257. The Labute approximate surface area is 120 Å². The van der Waals surface area contributed by atoms with Crippen LogP contribution in [0.5, 0.6) is 0 Å². The molecular weight excluding hydrogens is 290 g/mol. The van der Waals surface area contributed by atoms with Crippen LogP contribution in [-0.2, 0) is 4.79 Å². The molecule has 0 spiro atoms. The monoisotopic (exact) mass is 317 g/mol. The number of nitrogens with one attached hydrogen (secondary N) is 1. The van der Waals surface area contributed by atoms with E-state index in [1.807, 2.05) is 0 Å². The van der Waals surface area contributed by atoms with Crippen molar-refractivity contribution >= 4 is 21.8 Å². The second kappa shape index (κ2) is 8.19. The molecule has 0 aromatic heterocycles. The summed E-state index contributed by atoms with van der Waals surface area (Å²) in [5.41, 5.74) is 0.0273. The molecule has 0 aromatic carbocycles. The number of alkyl halides is 1. The fraction of sp³-hybridized carbons (Fsp3) is 0.933. The Morgan fingerprint density at radius 1 is 1.39 bits per heavy atom. The first kappa shape index (κ1) is 16.0. The van der Waals surface area contributed by atoms with Crippen molar-refractivity contribution in [2.75, 3.05) is 5.33 Å². The zero-order chi connectivity index (χ0) is 13.4. The highest BCUT2D eigenvalue weighted by atomic mass is 79.9. The van der Waals surface area contributed by atoms with Gasteiger partial charge in [-0.2, -0.15) is 0 Å². The fourth-order valence-corrected chi connectivity index (χ4v) is 3.65. The van der Waals surface area contributed by atoms with E-state index in [0.29, 0.717) is 6.42 Å². The van der Waals surface area contributed by atoms with Gasteiger partial charge in [-0.1, -0.05) is 61.9 Å². The molecule has 1 N–H and O–H groups in total. The minimum atomic E-state index is 0.0273. The van der Waals surface area contributed by atoms with Crippen LogP contribution < -0.4 is 5.32 Å². The van der Waals surface area contributed by atoms with Crippen molar-refractivity contribution in [3.8, 4) is 0 Å². The Kier molecular flexibility index (Phi) is 7.28. The van der Waals surface area contributed by atoms with E-state index in [1.54, 1.807) is 0 Å². The maximum absolute atomic E-state index is 12.0. The lowest BCUT2D eigenvalue weighted by molar-refractivity contribution is -0.123. The molecule has 1 aliphatic carbocycles. The first-order chi connectivity index (χ1) is 8.62. The first-order valence-corrected chi connectivity index (χ1v) is 8.61. The van der Waals surface area contributed by atoms with Crippen LogP contribution in [-0.4, -0.2) is 16.8 Å². The van der Waals surface area contributed by atoms with Crippen LogP contribution >= 0.6 is 15.9 Å². The van der Waals surface area contributed by atoms with Crippen LogP contribution in [0.15, 0.2) is 0 Å². The summed E-state index contributed by atoms with van der Waals surface area (Å²) in [5, 5.41) is 4.20. The lowest BCUT2D eigenvalue weighted by Gasteiger charge is -2.39. The topological polar surface area (TPSA) is 29.1 Å². The summed E-state index contributed by atoms with van der Waals surface area (Å²) in [6.07, 6.45) is 10.2. The number of hydrogen-bond acceptors (Lipinski definition) is 1. The highest BCUT2D eigenvalue weighted by Gasteiger charge is 2.34. The maximum Gasteiger partial charge on any atom is 0.220 e. The molecule has 0 saturated heterocycles. The molecule has 1 rings (SSSR count). The van der Waals surface area contributed by atoms with Crippen LogP contribution in [0, 0.1) is 5.92 Å². The highest BCUT2D eigenvalue weighted by Crippen LogP contribution is 2.33. The third-order valence-electron chi connectivity index (χ3n) is 4.01. The van der Waals surface area contributed by atoms with Gasteiger partial charge in [0.1, 0.15) is 0 Å². The molecule has 2 atom stereocenters. The van der Waals surface area contributed by atoms with Gasteiger partial charge in [-0.3, -0.25) is 4.79 Å². The predicted molar refractivity (Wildman–Crippen MR) is 81.1 cm³/mol. The molecule has 2 unspecified atom stereocenters. The van der Waals surface area contributed by atoms with Gasteiger partial charge in [-0.15, -0.1) is 0 Å². The summed E-state index contributed by atoms with van der Waals surface area (Å²) in [6, 6.07) is 0. The van der Waals surface area contributed by atoms with E-state index in [-0.39, 0.29) is 11.4 Å². The molecular formula is C15H28BrNO. The Hall–Kier alpha value is -0.0500. The highest BCUT2D eigenvalue weighted by molar-refractivity contribution is 9.09. The number of amides is 1. The summed E-state index contributed by atoms with van der Waals surface area (Å²) in [7, 11) is 0. The average molecular weight is 318 g/mol. The summed E-state index contributed by atoms with van der Waals surface area (Å²) >= 11 is 3.60. The quantitative estimate of drug-likeness (QED) is 0.546. The van der Waals surface area contributed by atoms with Crippen molar-refractivity contribution in [1.29, 1.82) is 0 Å². The van der Waals surface area contributed by atoms with Gasteiger partial charge >= 0.3 is 0 Å². The molecule has 1 aliphatic rings. The zero-order valence-electron chi connectivity index (χ0n) is 11.9. The van der Waals surface area contributed by atoms with Crippen LogP contribution in [0.3, 0.4) is 0 Å². The van der Waals surface area contributed by atoms with Gasteiger partial charge in [-0.25, -0.2) is 0 Å². The molecule has 0 aromatic rings. The smallest absolute Gasteiger partial charge is 0.220 e. The lowest BCUT2D eigenvalue weighted by Crippen LogP contribution is -2.52. The molecule has 1 saturated carbocycles. The van der Waals surface area contributed by atoms with E-state index in [2.05, 4.69) is 35.1 Å². The molecule has 3 heteroatoms. The predicted octanol–water partition coefficient (Wildman–Crippen LogP) is 4.42. The number of unbranched alkanes of at least 4 members (excludes halogenated alkanes) is 3. The van der Waals surface area contributed by atoms with E-state index in [9.17, 15) is 4.79 Å². The van der Waals surface area contributed by atoms with Crippen molar-refractivity contribution < 1.29 is 4.79 Å². The molecule has 0 heterocycles. The van der Waals surface area contributed by atoms with Crippen molar-refractivity contribution in [2.24, 2.45) is 5.92 Å². The first-order valence-electron chi connectivity index (χ1n) is 7.49. The third-order valence-corrected chi connectivity index (χ3v) is 5.08.